The van der Waals surface area contributed by atoms with E-state index in [0.717, 1.165) is 44.9 Å². The van der Waals surface area contributed by atoms with Crippen LogP contribution in [0.15, 0.2) is 0 Å². The van der Waals surface area contributed by atoms with Crippen molar-refractivity contribution < 1.29 is 29.6 Å². The lowest BCUT2D eigenvalue weighted by molar-refractivity contribution is -0.224. The molecule has 47 heavy (non-hydrogen) atoms. The number of nitrogens with zero attached hydrogens (tertiary/aromatic N) is 1. The first kappa shape index (κ1) is 43.6. The van der Waals surface area contributed by atoms with Crippen molar-refractivity contribution in [1.82, 2.24) is 15.5 Å². The van der Waals surface area contributed by atoms with Crippen LogP contribution in [0, 0.1) is 5.92 Å². The van der Waals surface area contributed by atoms with Crippen molar-refractivity contribution in [1.29, 1.82) is 0 Å². The Hall–Kier alpha value is -1.46. The molecule has 0 aromatic carbocycles. The zero-order chi connectivity index (χ0) is 34.9. The third kappa shape index (κ3) is 18.8. The van der Waals surface area contributed by atoms with Gasteiger partial charge in [0.05, 0.1) is 12.6 Å². The minimum absolute atomic E-state index is 0.188. The minimum atomic E-state index is -1.45. The monoisotopic (exact) mass is 671 g/mol. The Kier molecular flexibility index (Phi) is 25.4. The van der Waals surface area contributed by atoms with Crippen LogP contribution in [-0.2, 0) is 9.53 Å². The summed E-state index contributed by atoms with van der Waals surface area (Å²) in [5.41, 5.74) is 6.14. The average Bonchev–Trinajstić information content (AvgIpc) is 3.04. The van der Waals surface area contributed by atoms with Gasteiger partial charge in [-0.2, -0.15) is 0 Å². The van der Waals surface area contributed by atoms with E-state index < -0.39 is 49.1 Å². The summed E-state index contributed by atoms with van der Waals surface area (Å²) in [5, 5.41) is 37.6. The van der Waals surface area contributed by atoms with Crippen LogP contribution in [0.1, 0.15) is 163 Å². The number of ether oxygens (including phenoxy) is 1. The molecule has 6 atom stereocenters. The summed E-state index contributed by atoms with van der Waals surface area (Å²) in [5.74, 6) is -0.288. The Bertz CT molecular complexity index is 788. The Morgan fingerprint density at radius 1 is 0.745 bits per heavy atom. The van der Waals surface area contributed by atoms with Crippen LogP contribution in [0.4, 0.5) is 4.79 Å². The molecule has 7 N–H and O–H groups in total. The molecule has 3 amide bonds. The van der Waals surface area contributed by atoms with Gasteiger partial charge >= 0.3 is 6.03 Å². The van der Waals surface area contributed by atoms with Crippen molar-refractivity contribution >= 4 is 11.9 Å². The first-order valence-electron chi connectivity index (χ1n) is 19.4. The third-order valence-corrected chi connectivity index (χ3v) is 9.40. The van der Waals surface area contributed by atoms with E-state index in [2.05, 4.69) is 24.5 Å². The van der Waals surface area contributed by atoms with Crippen molar-refractivity contribution in [3.63, 3.8) is 0 Å². The highest BCUT2D eigenvalue weighted by atomic mass is 16.5. The predicted molar refractivity (Wildman–Crippen MR) is 191 cm³/mol. The fourth-order valence-electron chi connectivity index (χ4n) is 6.43. The van der Waals surface area contributed by atoms with Crippen molar-refractivity contribution in [3.8, 4) is 0 Å². The number of aliphatic hydroxyl groups excluding tert-OH is 3. The van der Waals surface area contributed by atoms with Crippen molar-refractivity contribution in [2.75, 3.05) is 19.7 Å². The van der Waals surface area contributed by atoms with Crippen LogP contribution in [0.25, 0.3) is 0 Å². The number of carbonyl (C=O) groups is 2. The summed E-state index contributed by atoms with van der Waals surface area (Å²) in [6.07, 6.45) is 18.9. The van der Waals surface area contributed by atoms with Crippen LogP contribution in [-0.4, -0.2) is 88.5 Å². The molecule has 0 saturated carbocycles. The molecule has 10 heteroatoms. The molecular formula is C37H74N4O6. The number of hydrogen-bond donors (Lipinski definition) is 6. The fourth-order valence-corrected chi connectivity index (χ4v) is 6.43. The van der Waals surface area contributed by atoms with Crippen molar-refractivity contribution in [2.24, 2.45) is 11.7 Å². The van der Waals surface area contributed by atoms with E-state index in [0.29, 0.717) is 19.5 Å². The number of amides is 3. The highest BCUT2D eigenvalue weighted by Gasteiger charge is 2.48. The second-order valence-electron chi connectivity index (χ2n) is 14.3. The Morgan fingerprint density at radius 2 is 1.21 bits per heavy atom. The van der Waals surface area contributed by atoms with E-state index >= 15 is 0 Å². The maximum atomic E-state index is 13.7. The number of urea groups is 1. The fraction of sp³-hybridized carbons (Fsp3) is 0.946. The standard InChI is InChI=1S/C37H74N4O6/c1-5-7-9-11-13-15-17-19-21-23-25-39-37(46)41(26-24-22-20-18-16-14-12-10-8-6-2)36-32(34(44)33(43)31(28-42)47-36)40-35(45)30(38)27-29(3)4/h29-34,36,42-44H,5-28,38H2,1-4H3,(H,39,46)(H,40,45)/t30-,31+,32+,33+,34+,36+/m0/s1. The van der Waals surface area contributed by atoms with E-state index in [1.165, 1.54) is 88.4 Å². The molecule has 278 valence electrons. The Labute approximate surface area is 287 Å². The first-order chi connectivity index (χ1) is 22.7. The molecule has 0 aliphatic carbocycles. The van der Waals surface area contributed by atoms with E-state index in [1.807, 2.05) is 13.8 Å². The molecule has 0 aromatic rings. The van der Waals surface area contributed by atoms with Crippen LogP contribution in [0.2, 0.25) is 0 Å². The van der Waals surface area contributed by atoms with Gasteiger partial charge in [-0.25, -0.2) is 4.79 Å². The van der Waals surface area contributed by atoms with Gasteiger partial charge in [-0.15, -0.1) is 0 Å². The van der Waals surface area contributed by atoms with Gasteiger partial charge in [0.1, 0.15) is 24.4 Å². The molecule has 1 aliphatic rings. The number of carbonyl (C=O) groups excluding carboxylic acids is 2. The Balaban J connectivity index is 2.84. The zero-order valence-electron chi connectivity index (χ0n) is 30.6. The summed E-state index contributed by atoms with van der Waals surface area (Å²) >= 11 is 0. The number of nitrogens with one attached hydrogen (secondary N) is 2. The molecule has 0 spiro atoms. The van der Waals surface area contributed by atoms with E-state index in [4.69, 9.17) is 10.5 Å². The predicted octanol–water partition coefficient (Wildman–Crippen LogP) is 6.14. The van der Waals surface area contributed by atoms with Crippen LogP contribution >= 0.6 is 0 Å². The van der Waals surface area contributed by atoms with Crippen LogP contribution in [0.3, 0.4) is 0 Å². The second kappa shape index (κ2) is 27.4. The molecule has 0 radical (unpaired) electrons. The Morgan fingerprint density at radius 3 is 1.68 bits per heavy atom. The highest BCUT2D eigenvalue weighted by Crippen LogP contribution is 2.25. The quantitative estimate of drug-likeness (QED) is 0.0546. The molecule has 0 unspecified atom stereocenters. The van der Waals surface area contributed by atoms with Gasteiger partial charge in [-0.3, -0.25) is 9.69 Å². The van der Waals surface area contributed by atoms with E-state index in [1.54, 1.807) is 0 Å². The van der Waals surface area contributed by atoms with E-state index in [-0.39, 0.29) is 11.9 Å². The second-order valence-corrected chi connectivity index (χ2v) is 14.3. The normalized spacial score (nSPS) is 21.9. The molecule has 1 aliphatic heterocycles. The lowest BCUT2D eigenvalue weighted by Gasteiger charge is -2.47. The largest absolute Gasteiger partial charge is 0.394 e. The molecule has 10 nitrogen and oxygen atoms in total. The minimum Gasteiger partial charge on any atom is -0.394 e. The maximum Gasteiger partial charge on any atom is 0.319 e. The SMILES string of the molecule is CCCCCCCCCCCCNC(=O)N(CCCCCCCCCCCC)[C@@H]1O[C@H](CO)[C@@H](O)[C@H](O)[C@H]1NC(=O)[C@@H](N)CC(C)C. The molecular weight excluding hydrogens is 596 g/mol. The van der Waals surface area contributed by atoms with E-state index in [9.17, 15) is 24.9 Å². The number of hydrogen-bond acceptors (Lipinski definition) is 7. The number of nitrogens with two attached hydrogens (primary N) is 1. The summed E-state index contributed by atoms with van der Waals surface area (Å²) in [4.78, 5) is 28.3. The van der Waals surface area contributed by atoms with Crippen LogP contribution < -0.4 is 16.4 Å². The summed E-state index contributed by atoms with van der Waals surface area (Å²) in [7, 11) is 0. The van der Waals surface area contributed by atoms with Gasteiger partial charge in [0, 0.05) is 13.1 Å². The number of aliphatic hydroxyl groups is 3. The average molecular weight is 671 g/mol. The maximum absolute atomic E-state index is 13.7. The molecule has 0 bridgehead atoms. The van der Waals surface area contributed by atoms with Gasteiger partial charge in [0.15, 0.2) is 6.23 Å². The number of unbranched alkanes of at least 4 members (excludes halogenated alkanes) is 18. The lowest BCUT2D eigenvalue weighted by atomic mass is 9.94. The van der Waals surface area contributed by atoms with Crippen molar-refractivity contribution in [2.45, 2.75) is 199 Å². The summed E-state index contributed by atoms with van der Waals surface area (Å²) in [6, 6.07) is -2.26. The van der Waals surface area contributed by atoms with Gasteiger partial charge in [0.2, 0.25) is 5.91 Å². The van der Waals surface area contributed by atoms with Crippen molar-refractivity contribution in [3.05, 3.63) is 0 Å². The molecule has 0 aromatic heterocycles. The summed E-state index contributed by atoms with van der Waals surface area (Å²) in [6.45, 7) is 8.74. The molecule has 1 rings (SSSR count). The van der Waals surface area contributed by atoms with Gasteiger partial charge in [0.25, 0.3) is 0 Å². The lowest BCUT2D eigenvalue weighted by Crippen LogP contribution is -2.70. The highest BCUT2D eigenvalue weighted by molar-refractivity contribution is 5.82. The van der Waals surface area contributed by atoms with Gasteiger partial charge < -0.3 is 36.4 Å². The molecule has 1 heterocycles. The zero-order valence-corrected chi connectivity index (χ0v) is 30.6. The molecule has 1 fully saturated rings. The first-order valence-corrected chi connectivity index (χ1v) is 19.4. The summed E-state index contributed by atoms with van der Waals surface area (Å²) < 4.78 is 6.07. The third-order valence-electron chi connectivity index (χ3n) is 9.40. The smallest absolute Gasteiger partial charge is 0.319 e. The van der Waals surface area contributed by atoms with Crippen LogP contribution in [0.5, 0.6) is 0 Å². The number of rotatable bonds is 28. The topological polar surface area (TPSA) is 157 Å². The molecule has 1 saturated heterocycles. The van der Waals surface area contributed by atoms with Gasteiger partial charge in [-0.05, 0) is 25.2 Å². The van der Waals surface area contributed by atoms with Gasteiger partial charge in [-0.1, -0.05) is 143 Å².